The van der Waals surface area contributed by atoms with E-state index in [1.807, 2.05) is 12.1 Å². The quantitative estimate of drug-likeness (QED) is 0.773. The van der Waals surface area contributed by atoms with Crippen LogP contribution in [-0.2, 0) is 9.59 Å². The summed E-state index contributed by atoms with van der Waals surface area (Å²) in [6, 6.07) is 10.4. The first-order valence-electron chi connectivity index (χ1n) is 8.99. The molecule has 0 saturated carbocycles. The zero-order valence-corrected chi connectivity index (χ0v) is 15.5. The highest BCUT2D eigenvalue weighted by Gasteiger charge is 2.15. The number of halogens is 2. The van der Waals surface area contributed by atoms with Crippen LogP contribution in [0.2, 0.25) is 0 Å². The Morgan fingerprint density at radius 1 is 0.857 bits per heavy atom. The van der Waals surface area contributed by atoms with Crippen LogP contribution in [0.25, 0.3) is 0 Å². The average molecular weight is 388 g/mol. The summed E-state index contributed by atoms with van der Waals surface area (Å²) < 4.78 is 26.1. The lowest BCUT2D eigenvalue weighted by molar-refractivity contribution is -0.123. The monoisotopic (exact) mass is 388 g/mol. The van der Waals surface area contributed by atoms with Crippen LogP contribution in [0.1, 0.15) is 6.42 Å². The van der Waals surface area contributed by atoms with Crippen molar-refractivity contribution in [1.82, 2.24) is 4.90 Å². The van der Waals surface area contributed by atoms with Crippen molar-refractivity contribution in [2.24, 2.45) is 0 Å². The molecule has 28 heavy (non-hydrogen) atoms. The molecule has 0 radical (unpaired) electrons. The van der Waals surface area contributed by atoms with Gasteiger partial charge in [0.05, 0.1) is 0 Å². The minimum absolute atomic E-state index is 0.0910. The van der Waals surface area contributed by atoms with E-state index in [0.29, 0.717) is 5.69 Å². The van der Waals surface area contributed by atoms with E-state index >= 15 is 0 Å². The Balaban J connectivity index is 1.50. The smallest absolute Gasteiger partial charge is 0.233 e. The molecular formula is C20H22F2N4O2. The Labute approximate surface area is 162 Å². The molecule has 0 aromatic heterocycles. The van der Waals surface area contributed by atoms with Crippen molar-refractivity contribution in [3.05, 3.63) is 54.1 Å². The Morgan fingerprint density at radius 3 is 2.04 bits per heavy atom. The molecule has 8 heteroatoms. The molecule has 0 bridgehead atoms. The van der Waals surface area contributed by atoms with Crippen molar-refractivity contribution in [2.75, 3.05) is 48.8 Å². The highest BCUT2D eigenvalue weighted by molar-refractivity contribution is 6.08. The molecule has 148 valence electrons. The van der Waals surface area contributed by atoms with Gasteiger partial charge in [-0.1, -0.05) is 0 Å². The van der Waals surface area contributed by atoms with Crippen LogP contribution in [0.3, 0.4) is 0 Å². The van der Waals surface area contributed by atoms with Gasteiger partial charge in [-0.05, 0) is 43.4 Å². The highest BCUT2D eigenvalue weighted by atomic mass is 19.2. The number of likely N-dealkylation sites (N-methyl/N-ethyl adjacent to an activating group) is 1. The number of carbonyl (C=O) groups excluding carboxylic acids is 2. The number of rotatable bonds is 5. The summed E-state index contributed by atoms with van der Waals surface area (Å²) in [6.07, 6.45) is -0.431. The maximum atomic E-state index is 13.2. The number of hydrogen-bond acceptors (Lipinski definition) is 4. The van der Waals surface area contributed by atoms with Gasteiger partial charge < -0.3 is 20.4 Å². The number of nitrogens with zero attached hydrogens (tertiary/aromatic N) is 2. The van der Waals surface area contributed by atoms with Gasteiger partial charge in [-0.25, -0.2) is 8.78 Å². The molecule has 1 saturated heterocycles. The number of nitrogens with one attached hydrogen (secondary N) is 2. The fourth-order valence-electron chi connectivity index (χ4n) is 2.95. The predicted octanol–water partition coefficient (Wildman–Crippen LogP) is 2.68. The van der Waals surface area contributed by atoms with Crippen molar-refractivity contribution in [1.29, 1.82) is 0 Å². The van der Waals surface area contributed by atoms with E-state index in [4.69, 9.17) is 0 Å². The predicted molar refractivity (Wildman–Crippen MR) is 104 cm³/mol. The van der Waals surface area contributed by atoms with Gasteiger partial charge >= 0.3 is 0 Å². The molecule has 1 aliphatic rings. The van der Waals surface area contributed by atoms with Gasteiger partial charge in [-0.2, -0.15) is 0 Å². The number of benzene rings is 2. The van der Waals surface area contributed by atoms with Crippen LogP contribution in [0.5, 0.6) is 0 Å². The summed E-state index contributed by atoms with van der Waals surface area (Å²) in [6.45, 7) is 3.91. The van der Waals surface area contributed by atoms with Crippen LogP contribution in [0, 0.1) is 11.6 Å². The summed E-state index contributed by atoms with van der Waals surface area (Å²) in [5, 5.41) is 5.02. The summed E-state index contributed by atoms with van der Waals surface area (Å²) in [7, 11) is 2.10. The number of carbonyl (C=O) groups is 2. The first-order valence-corrected chi connectivity index (χ1v) is 8.99. The molecule has 2 N–H and O–H groups in total. The second-order valence-corrected chi connectivity index (χ2v) is 6.74. The Kier molecular flexibility index (Phi) is 6.20. The number of anilines is 3. The molecule has 2 aromatic rings. The molecule has 0 unspecified atom stereocenters. The zero-order valence-electron chi connectivity index (χ0n) is 15.5. The van der Waals surface area contributed by atoms with Crippen LogP contribution in [0.15, 0.2) is 42.5 Å². The molecule has 2 aromatic carbocycles. The lowest BCUT2D eigenvalue weighted by atomic mass is 10.2. The third-order valence-electron chi connectivity index (χ3n) is 4.54. The lowest BCUT2D eigenvalue weighted by Crippen LogP contribution is -2.44. The maximum Gasteiger partial charge on any atom is 0.233 e. The number of amides is 2. The van der Waals surface area contributed by atoms with E-state index in [2.05, 4.69) is 27.5 Å². The van der Waals surface area contributed by atoms with Gasteiger partial charge in [0.2, 0.25) is 11.8 Å². The van der Waals surface area contributed by atoms with E-state index < -0.39 is 29.9 Å². The molecule has 3 rings (SSSR count). The van der Waals surface area contributed by atoms with Crippen LogP contribution in [-0.4, -0.2) is 49.9 Å². The minimum atomic E-state index is -1.07. The molecular weight excluding hydrogens is 366 g/mol. The van der Waals surface area contributed by atoms with Crippen LogP contribution >= 0.6 is 0 Å². The number of piperazine rings is 1. The minimum Gasteiger partial charge on any atom is -0.369 e. The molecule has 1 fully saturated rings. The normalized spacial score (nSPS) is 14.6. The van der Waals surface area contributed by atoms with Crippen molar-refractivity contribution in [3.8, 4) is 0 Å². The van der Waals surface area contributed by atoms with E-state index in [1.54, 1.807) is 12.1 Å². The Bertz CT molecular complexity index is 850. The van der Waals surface area contributed by atoms with Crippen molar-refractivity contribution < 1.29 is 18.4 Å². The molecule has 2 amide bonds. The maximum absolute atomic E-state index is 13.2. The zero-order chi connectivity index (χ0) is 20.1. The van der Waals surface area contributed by atoms with Crippen molar-refractivity contribution in [2.45, 2.75) is 6.42 Å². The Morgan fingerprint density at radius 2 is 1.43 bits per heavy atom. The van der Waals surface area contributed by atoms with E-state index in [9.17, 15) is 18.4 Å². The molecule has 1 aliphatic heterocycles. The summed E-state index contributed by atoms with van der Waals surface area (Å²) >= 11 is 0. The fourth-order valence-corrected chi connectivity index (χ4v) is 2.95. The first-order chi connectivity index (χ1) is 13.4. The second kappa shape index (κ2) is 8.79. The second-order valence-electron chi connectivity index (χ2n) is 6.74. The standard InChI is InChI=1S/C20H22F2N4O2/c1-25-8-10-26(11-9-25)16-5-2-14(3-6-16)23-19(27)13-20(28)24-15-4-7-17(21)18(22)12-15/h2-7,12H,8-11,13H2,1H3,(H,23,27)(H,24,28). The Hall–Kier alpha value is -3.00. The van der Waals surface area contributed by atoms with Gasteiger partial charge in [-0.15, -0.1) is 0 Å². The van der Waals surface area contributed by atoms with Crippen molar-refractivity contribution >= 4 is 28.9 Å². The lowest BCUT2D eigenvalue weighted by Gasteiger charge is -2.34. The SMILES string of the molecule is CN1CCN(c2ccc(NC(=O)CC(=O)Nc3ccc(F)c(F)c3)cc2)CC1. The van der Waals surface area contributed by atoms with E-state index in [0.717, 1.165) is 44.0 Å². The van der Waals surface area contributed by atoms with Gasteiger partial charge in [0.25, 0.3) is 0 Å². The average Bonchev–Trinajstić information content (AvgIpc) is 2.66. The van der Waals surface area contributed by atoms with E-state index in [1.165, 1.54) is 6.07 Å². The molecule has 6 nitrogen and oxygen atoms in total. The van der Waals surface area contributed by atoms with Crippen LogP contribution in [0.4, 0.5) is 25.8 Å². The van der Waals surface area contributed by atoms with Gasteiger partial charge in [0.1, 0.15) is 6.42 Å². The fraction of sp³-hybridized carbons (Fsp3) is 0.300. The van der Waals surface area contributed by atoms with Crippen LogP contribution < -0.4 is 15.5 Å². The highest BCUT2D eigenvalue weighted by Crippen LogP contribution is 2.19. The third-order valence-corrected chi connectivity index (χ3v) is 4.54. The molecule has 0 atom stereocenters. The summed E-state index contributed by atoms with van der Waals surface area (Å²) in [5.74, 6) is -3.18. The van der Waals surface area contributed by atoms with Gasteiger partial charge in [0, 0.05) is 49.3 Å². The third kappa shape index (κ3) is 5.26. The first kappa shape index (κ1) is 19.8. The summed E-state index contributed by atoms with van der Waals surface area (Å²) in [4.78, 5) is 28.5. The molecule has 1 heterocycles. The van der Waals surface area contributed by atoms with Crippen molar-refractivity contribution in [3.63, 3.8) is 0 Å². The van der Waals surface area contributed by atoms with Gasteiger partial charge in [-0.3, -0.25) is 9.59 Å². The van der Waals surface area contributed by atoms with Gasteiger partial charge in [0.15, 0.2) is 11.6 Å². The molecule has 0 spiro atoms. The topological polar surface area (TPSA) is 64.7 Å². The molecule has 0 aliphatic carbocycles. The number of hydrogen-bond donors (Lipinski definition) is 2. The largest absolute Gasteiger partial charge is 0.369 e. The summed E-state index contributed by atoms with van der Waals surface area (Å²) in [5.41, 5.74) is 1.76. The van der Waals surface area contributed by atoms with E-state index in [-0.39, 0.29) is 5.69 Å².